The summed E-state index contributed by atoms with van der Waals surface area (Å²) in [4.78, 5) is 48.1. The molecule has 41 heavy (non-hydrogen) atoms. The number of hydrogen-bond donors (Lipinski definition) is 0. The van der Waals surface area contributed by atoms with E-state index in [4.69, 9.17) is 28.4 Å². The van der Waals surface area contributed by atoms with Crippen molar-refractivity contribution in [1.29, 1.82) is 0 Å². The van der Waals surface area contributed by atoms with E-state index >= 15 is 0 Å². The van der Waals surface area contributed by atoms with Gasteiger partial charge in [-0.05, 0) is 86.6 Å². The van der Waals surface area contributed by atoms with Crippen LogP contribution >= 0.6 is 0 Å². The van der Waals surface area contributed by atoms with Crippen molar-refractivity contribution in [2.75, 3.05) is 13.6 Å². The molecule has 1 fully saturated rings. The van der Waals surface area contributed by atoms with Crippen LogP contribution in [0.1, 0.15) is 37.3 Å². The van der Waals surface area contributed by atoms with Crippen molar-refractivity contribution >= 4 is 23.9 Å². The lowest BCUT2D eigenvalue weighted by Gasteiger charge is -2.31. The zero-order valence-electron chi connectivity index (χ0n) is 23.4. The molecule has 0 N–H and O–H groups in total. The van der Waals surface area contributed by atoms with E-state index in [2.05, 4.69) is 13.2 Å². The predicted octanol–water partition coefficient (Wildman–Crippen LogP) is 5.00. The molecule has 3 atom stereocenters. The van der Waals surface area contributed by atoms with Gasteiger partial charge in [-0.1, -0.05) is 20.1 Å². The number of carbonyl (C=O) groups excluding carboxylic acids is 4. The molecule has 0 aliphatic heterocycles. The fourth-order valence-electron chi connectivity index (χ4n) is 4.47. The van der Waals surface area contributed by atoms with Gasteiger partial charge in [-0.3, -0.25) is 9.59 Å². The van der Waals surface area contributed by atoms with Crippen molar-refractivity contribution in [2.45, 2.75) is 40.0 Å². The fraction of sp³-hybridized carbons (Fsp3) is 0.355. The smallest absolute Gasteiger partial charge is 0.333 e. The Morgan fingerprint density at radius 3 is 1.71 bits per heavy atom. The van der Waals surface area contributed by atoms with Gasteiger partial charge >= 0.3 is 23.9 Å². The van der Waals surface area contributed by atoms with Crippen molar-refractivity contribution in [2.24, 2.45) is 17.8 Å². The Kier molecular flexibility index (Phi) is 11.1. The Balaban J connectivity index is 1.49. The molecule has 1 aliphatic carbocycles. The van der Waals surface area contributed by atoms with Gasteiger partial charge < -0.3 is 28.4 Å². The maximum atomic E-state index is 12.9. The monoisotopic (exact) mass is 566 g/mol. The van der Waals surface area contributed by atoms with Crippen molar-refractivity contribution in [3.8, 4) is 23.0 Å². The quantitative estimate of drug-likeness (QED) is 0.150. The molecule has 10 nitrogen and oxygen atoms in total. The Hall–Kier alpha value is -4.60. The summed E-state index contributed by atoms with van der Waals surface area (Å²) in [5, 5.41) is 0. The van der Waals surface area contributed by atoms with E-state index in [0.29, 0.717) is 53.4 Å². The second-order valence-corrected chi connectivity index (χ2v) is 9.65. The third-order valence-corrected chi connectivity index (χ3v) is 6.70. The molecule has 0 aromatic heterocycles. The molecule has 0 bridgehead atoms. The fourth-order valence-corrected chi connectivity index (χ4v) is 4.47. The van der Waals surface area contributed by atoms with Crippen LogP contribution in [-0.2, 0) is 28.7 Å². The zero-order chi connectivity index (χ0) is 29.9. The first-order valence-corrected chi connectivity index (χ1v) is 13.1. The summed E-state index contributed by atoms with van der Waals surface area (Å²) in [7, 11) is 0. The molecule has 1 saturated carbocycles. The zero-order valence-corrected chi connectivity index (χ0v) is 23.4. The summed E-state index contributed by atoms with van der Waals surface area (Å²) in [6.45, 7) is 11.6. The number of ether oxygens (including phenoxy) is 6. The SMILES string of the molecule is C=CC(=O)OCOc1ccc(OC(=O)C2CCC(C(=O)Oc3ccc(OCOC(=O)C=C)c(C)c3)C(C)C2)cc1C. The summed E-state index contributed by atoms with van der Waals surface area (Å²) in [5.41, 5.74) is 1.41. The lowest BCUT2D eigenvalue weighted by atomic mass is 9.75. The minimum Gasteiger partial charge on any atom is -0.457 e. The van der Waals surface area contributed by atoms with E-state index in [9.17, 15) is 19.2 Å². The number of aryl methyl sites for hydroxylation is 2. The lowest BCUT2D eigenvalue weighted by molar-refractivity contribution is -0.147. The average Bonchev–Trinajstić information content (AvgIpc) is 2.94. The summed E-state index contributed by atoms with van der Waals surface area (Å²) in [5.74, 6) is -0.979. The second-order valence-electron chi connectivity index (χ2n) is 9.65. The highest BCUT2D eigenvalue weighted by atomic mass is 16.7. The third kappa shape index (κ3) is 8.96. The molecule has 10 heteroatoms. The predicted molar refractivity (Wildman–Crippen MR) is 147 cm³/mol. The maximum absolute atomic E-state index is 12.9. The molecule has 2 aromatic carbocycles. The van der Waals surface area contributed by atoms with E-state index in [0.717, 1.165) is 12.2 Å². The van der Waals surface area contributed by atoms with Gasteiger partial charge in [0.15, 0.2) is 0 Å². The number of rotatable bonds is 12. The van der Waals surface area contributed by atoms with Crippen LogP contribution in [-0.4, -0.2) is 37.5 Å². The summed E-state index contributed by atoms with van der Waals surface area (Å²) in [6.07, 6.45) is 3.56. The van der Waals surface area contributed by atoms with Gasteiger partial charge in [-0.2, -0.15) is 0 Å². The van der Waals surface area contributed by atoms with E-state index in [-0.39, 0.29) is 43.3 Å². The number of benzene rings is 2. The molecule has 2 aromatic rings. The van der Waals surface area contributed by atoms with E-state index in [1.807, 2.05) is 6.92 Å². The molecular formula is C31H34O10. The van der Waals surface area contributed by atoms with Crippen molar-refractivity contribution in [3.05, 3.63) is 72.8 Å². The first kappa shape index (κ1) is 30.9. The van der Waals surface area contributed by atoms with Gasteiger partial charge in [0.2, 0.25) is 13.6 Å². The summed E-state index contributed by atoms with van der Waals surface area (Å²) in [6, 6.07) is 9.81. The van der Waals surface area contributed by atoms with Crippen LogP contribution in [0.3, 0.4) is 0 Å². The maximum Gasteiger partial charge on any atom is 0.333 e. The van der Waals surface area contributed by atoms with E-state index in [1.54, 1.807) is 50.2 Å². The molecular weight excluding hydrogens is 532 g/mol. The number of hydrogen-bond acceptors (Lipinski definition) is 10. The highest BCUT2D eigenvalue weighted by molar-refractivity contribution is 5.81. The Bertz CT molecular complexity index is 1300. The van der Waals surface area contributed by atoms with E-state index in [1.165, 1.54) is 0 Å². The molecule has 3 unspecified atom stereocenters. The Morgan fingerprint density at radius 2 is 1.27 bits per heavy atom. The first-order valence-electron chi connectivity index (χ1n) is 13.1. The molecule has 0 amide bonds. The van der Waals surface area contributed by atoms with Crippen molar-refractivity contribution < 1.29 is 47.6 Å². The molecule has 0 heterocycles. The van der Waals surface area contributed by atoms with Crippen molar-refractivity contribution in [1.82, 2.24) is 0 Å². The molecule has 218 valence electrons. The molecule has 0 radical (unpaired) electrons. The van der Waals surface area contributed by atoms with Gasteiger partial charge in [-0.15, -0.1) is 0 Å². The highest BCUT2D eigenvalue weighted by Gasteiger charge is 2.37. The minimum absolute atomic E-state index is 0.0900. The van der Waals surface area contributed by atoms with Crippen molar-refractivity contribution in [3.63, 3.8) is 0 Å². The van der Waals surface area contributed by atoms with Crippen LogP contribution in [0.25, 0.3) is 0 Å². The third-order valence-electron chi connectivity index (χ3n) is 6.70. The van der Waals surface area contributed by atoms with Crippen LogP contribution in [0.4, 0.5) is 0 Å². The van der Waals surface area contributed by atoms with Crippen LogP contribution < -0.4 is 18.9 Å². The van der Waals surface area contributed by atoms with Crippen LogP contribution in [0.15, 0.2) is 61.7 Å². The standard InChI is InChI=1S/C31H34O10/c1-6-28(32)38-17-36-26-12-9-23(15-20(26)4)40-30(34)22-8-11-25(19(3)14-22)31(35)41-24-10-13-27(21(5)16-24)37-18-39-29(33)7-2/h6-7,9-10,12-13,15-16,19,22,25H,1-2,8,11,14,17-18H2,3-5H3. The summed E-state index contributed by atoms with van der Waals surface area (Å²) < 4.78 is 31.7. The second kappa shape index (κ2) is 14.7. The minimum atomic E-state index is -0.591. The van der Waals surface area contributed by atoms with Crippen LogP contribution in [0.2, 0.25) is 0 Å². The molecule has 3 rings (SSSR count). The number of esters is 4. The lowest BCUT2D eigenvalue weighted by Crippen LogP contribution is -2.35. The average molecular weight is 567 g/mol. The summed E-state index contributed by atoms with van der Waals surface area (Å²) >= 11 is 0. The molecule has 1 aliphatic rings. The van der Waals surface area contributed by atoms with E-state index < -0.39 is 11.9 Å². The van der Waals surface area contributed by atoms with Crippen LogP contribution in [0.5, 0.6) is 23.0 Å². The molecule has 0 saturated heterocycles. The molecule has 0 spiro atoms. The van der Waals surface area contributed by atoms with Gasteiger partial charge in [0.1, 0.15) is 23.0 Å². The van der Waals surface area contributed by atoms with Crippen LogP contribution in [0, 0.1) is 31.6 Å². The van der Waals surface area contributed by atoms with Gasteiger partial charge in [0.05, 0.1) is 11.8 Å². The van der Waals surface area contributed by atoms with Gasteiger partial charge in [-0.25, -0.2) is 9.59 Å². The topological polar surface area (TPSA) is 124 Å². The van der Waals surface area contributed by atoms with Gasteiger partial charge in [0, 0.05) is 12.2 Å². The first-order chi connectivity index (χ1) is 19.6. The Labute approximate surface area is 238 Å². The normalized spacial score (nSPS) is 17.9. The number of carbonyl (C=O) groups is 4. The Morgan fingerprint density at radius 1 is 0.780 bits per heavy atom. The van der Waals surface area contributed by atoms with Gasteiger partial charge in [0.25, 0.3) is 0 Å². The highest BCUT2D eigenvalue weighted by Crippen LogP contribution is 2.36. The largest absolute Gasteiger partial charge is 0.457 e.